The molecule has 0 radical (unpaired) electrons. The van der Waals surface area contributed by atoms with Gasteiger partial charge < -0.3 is 11.1 Å². The van der Waals surface area contributed by atoms with Crippen molar-refractivity contribution in [3.8, 4) is 0 Å². The summed E-state index contributed by atoms with van der Waals surface area (Å²) in [6.07, 6.45) is 3.46. The van der Waals surface area contributed by atoms with Crippen LogP contribution in [0.1, 0.15) is 40.0 Å². The van der Waals surface area contributed by atoms with Crippen LogP contribution in [0.2, 0.25) is 0 Å². The van der Waals surface area contributed by atoms with E-state index >= 15 is 0 Å². The van der Waals surface area contributed by atoms with Gasteiger partial charge in [-0.25, -0.2) is 0 Å². The summed E-state index contributed by atoms with van der Waals surface area (Å²) in [5.74, 6) is -0.00259. The molecule has 0 spiro atoms. The Morgan fingerprint density at radius 3 is 2.31 bits per heavy atom. The van der Waals surface area contributed by atoms with Crippen LogP contribution in [0.4, 0.5) is 0 Å². The summed E-state index contributed by atoms with van der Waals surface area (Å²) in [7, 11) is 0. The van der Waals surface area contributed by atoms with Crippen LogP contribution >= 0.6 is 0 Å². The number of rotatable bonds is 2. The monoisotopic (exact) mass is 184 g/mol. The van der Waals surface area contributed by atoms with E-state index in [1.165, 1.54) is 6.42 Å². The highest BCUT2D eigenvalue weighted by Gasteiger charge is 2.29. The molecule has 3 nitrogen and oxygen atoms in total. The number of amides is 1. The van der Waals surface area contributed by atoms with Crippen LogP contribution in [-0.2, 0) is 4.79 Å². The van der Waals surface area contributed by atoms with E-state index in [2.05, 4.69) is 5.32 Å². The van der Waals surface area contributed by atoms with Crippen LogP contribution < -0.4 is 11.1 Å². The predicted molar refractivity (Wildman–Crippen MR) is 53.2 cm³/mol. The van der Waals surface area contributed by atoms with Crippen molar-refractivity contribution >= 4 is 5.91 Å². The van der Waals surface area contributed by atoms with Crippen molar-refractivity contribution in [1.29, 1.82) is 0 Å². The molecule has 1 saturated carbocycles. The fourth-order valence-corrected chi connectivity index (χ4v) is 1.24. The molecule has 1 aliphatic rings. The Bertz CT molecular complexity index is 192. The third kappa shape index (κ3) is 2.69. The Hall–Kier alpha value is -0.570. The van der Waals surface area contributed by atoms with Gasteiger partial charge in [0.25, 0.3) is 0 Å². The van der Waals surface area contributed by atoms with Crippen molar-refractivity contribution in [2.75, 3.05) is 0 Å². The minimum atomic E-state index is -0.395. The van der Waals surface area contributed by atoms with Gasteiger partial charge in [0.15, 0.2) is 0 Å². The SMILES string of the molecule is CC(C)(C)[C@@H](N)C(=O)NC1CCC1. The van der Waals surface area contributed by atoms with Gasteiger partial charge in [0.1, 0.15) is 0 Å². The molecule has 1 rings (SSSR count). The van der Waals surface area contributed by atoms with Gasteiger partial charge in [0.05, 0.1) is 6.04 Å². The predicted octanol–water partition coefficient (Wildman–Crippen LogP) is 1.03. The van der Waals surface area contributed by atoms with Crippen LogP contribution in [0.25, 0.3) is 0 Å². The van der Waals surface area contributed by atoms with E-state index in [1.54, 1.807) is 0 Å². The molecule has 0 aromatic rings. The highest BCUT2D eigenvalue weighted by molar-refractivity contribution is 5.82. The van der Waals surface area contributed by atoms with Crippen LogP contribution in [0.3, 0.4) is 0 Å². The molecule has 0 aliphatic heterocycles. The molecule has 1 atom stereocenters. The molecular formula is C10H20N2O. The summed E-state index contributed by atoms with van der Waals surface area (Å²) >= 11 is 0. The van der Waals surface area contributed by atoms with Crippen LogP contribution in [0.5, 0.6) is 0 Å². The van der Waals surface area contributed by atoms with E-state index in [0.717, 1.165) is 12.8 Å². The van der Waals surface area contributed by atoms with Gasteiger partial charge in [-0.05, 0) is 24.7 Å². The first-order chi connectivity index (χ1) is 5.91. The fourth-order valence-electron chi connectivity index (χ4n) is 1.24. The maximum atomic E-state index is 11.6. The van der Waals surface area contributed by atoms with Gasteiger partial charge in [0, 0.05) is 6.04 Å². The number of nitrogens with two attached hydrogens (primary N) is 1. The third-order valence-electron chi connectivity index (χ3n) is 2.67. The van der Waals surface area contributed by atoms with Gasteiger partial charge in [-0.15, -0.1) is 0 Å². The molecule has 3 heteroatoms. The molecule has 3 N–H and O–H groups in total. The first-order valence-corrected chi connectivity index (χ1v) is 4.97. The van der Waals surface area contributed by atoms with E-state index in [1.807, 2.05) is 20.8 Å². The van der Waals surface area contributed by atoms with Crippen molar-refractivity contribution in [2.45, 2.75) is 52.1 Å². The van der Waals surface area contributed by atoms with E-state index < -0.39 is 6.04 Å². The molecular weight excluding hydrogens is 164 g/mol. The molecule has 0 aromatic heterocycles. The largest absolute Gasteiger partial charge is 0.352 e. The van der Waals surface area contributed by atoms with Crippen LogP contribution in [0.15, 0.2) is 0 Å². The van der Waals surface area contributed by atoms with Crippen molar-refractivity contribution in [1.82, 2.24) is 5.32 Å². The van der Waals surface area contributed by atoms with Crippen LogP contribution in [0, 0.1) is 5.41 Å². The molecule has 0 bridgehead atoms. The summed E-state index contributed by atoms with van der Waals surface area (Å²) in [4.78, 5) is 11.6. The van der Waals surface area contributed by atoms with E-state index in [-0.39, 0.29) is 11.3 Å². The Labute approximate surface area is 80.1 Å². The molecule has 0 heterocycles. The number of carbonyl (C=O) groups excluding carboxylic acids is 1. The highest BCUT2D eigenvalue weighted by atomic mass is 16.2. The molecule has 13 heavy (non-hydrogen) atoms. The first kappa shape index (κ1) is 10.5. The maximum absolute atomic E-state index is 11.6. The molecule has 0 aromatic carbocycles. The summed E-state index contributed by atoms with van der Waals surface area (Å²) < 4.78 is 0. The van der Waals surface area contributed by atoms with E-state index in [4.69, 9.17) is 5.73 Å². The Kier molecular flexibility index (Phi) is 2.96. The van der Waals surface area contributed by atoms with Gasteiger partial charge >= 0.3 is 0 Å². The third-order valence-corrected chi connectivity index (χ3v) is 2.67. The molecule has 0 unspecified atom stereocenters. The van der Waals surface area contributed by atoms with Crippen molar-refractivity contribution in [2.24, 2.45) is 11.1 Å². The molecule has 76 valence electrons. The summed E-state index contributed by atoms with van der Waals surface area (Å²) in [6, 6.07) is -0.00556. The zero-order valence-electron chi connectivity index (χ0n) is 8.76. The minimum absolute atomic E-state index is 0.00259. The van der Waals surface area contributed by atoms with Gasteiger partial charge in [0.2, 0.25) is 5.91 Å². The van der Waals surface area contributed by atoms with E-state index in [9.17, 15) is 4.79 Å². The molecule has 1 aliphatic carbocycles. The summed E-state index contributed by atoms with van der Waals surface area (Å²) in [5.41, 5.74) is 5.66. The maximum Gasteiger partial charge on any atom is 0.237 e. The number of hydrogen-bond donors (Lipinski definition) is 2. The van der Waals surface area contributed by atoms with Gasteiger partial charge in [-0.2, -0.15) is 0 Å². The second kappa shape index (κ2) is 3.66. The summed E-state index contributed by atoms with van der Waals surface area (Å²) in [6.45, 7) is 5.95. The number of carbonyl (C=O) groups is 1. The van der Waals surface area contributed by atoms with Crippen LogP contribution in [-0.4, -0.2) is 18.0 Å². The Morgan fingerprint density at radius 2 is 2.00 bits per heavy atom. The first-order valence-electron chi connectivity index (χ1n) is 4.97. The molecule has 1 amide bonds. The standard InChI is InChI=1S/C10H20N2O/c1-10(2,3)8(11)9(13)12-7-5-4-6-7/h7-8H,4-6,11H2,1-3H3,(H,12,13)/t8-/m0/s1. The Balaban J connectivity index is 2.37. The normalized spacial score (nSPS) is 20.6. The Morgan fingerprint density at radius 1 is 1.46 bits per heavy atom. The van der Waals surface area contributed by atoms with Gasteiger partial charge in [-0.3, -0.25) is 4.79 Å². The highest BCUT2D eigenvalue weighted by Crippen LogP contribution is 2.21. The smallest absolute Gasteiger partial charge is 0.237 e. The molecule has 0 saturated heterocycles. The second-order valence-electron chi connectivity index (χ2n) is 4.98. The lowest BCUT2D eigenvalue weighted by Crippen LogP contribution is -2.52. The summed E-state index contributed by atoms with van der Waals surface area (Å²) in [5, 5.41) is 2.96. The van der Waals surface area contributed by atoms with Crippen molar-refractivity contribution in [3.05, 3.63) is 0 Å². The number of nitrogens with one attached hydrogen (secondary N) is 1. The second-order valence-corrected chi connectivity index (χ2v) is 4.98. The quantitative estimate of drug-likeness (QED) is 0.673. The minimum Gasteiger partial charge on any atom is -0.352 e. The average molecular weight is 184 g/mol. The lowest BCUT2D eigenvalue weighted by molar-refractivity contribution is -0.125. The lowest BCUT2D eigenvalue weighted by Gasteiger charge is -2.31. The lowest BCUT2D eigenvalue weighted by atomic mass is 9.86. The number of hydrogen-bond acceptors (Lipinski definition) is 2. The van der Waals surface area contributed by atoms with E-state index in [0.29, 0.717) is 6.04 Å². The van der Waals surface area contributed by atoms with Crippen molar-refractivity contribution < 1.29 is 4.79 Å². The van der Waals surface area contributed by atoms with Gasteiger partial charge in [-0.1, -0.05) is 20.8 Å². The zero-order chi connectivity index (χ0) is 10.1. The van der Waals surface area contributed by atoms with Crippen molar-refractivity contribution in [3.63, 3.8) is 0 Å². The molecule has 1 fully saturated rings. The average Bonchev–Trinajstić information content (AvgIpc) is 1.93. The zero-order valence-corrected chi connectivity index (χ0v) is 8.76. The fraction of sp³-hybridized carbons (Fsp3) is 0.900. The topological polar surface area (TPSA) is 55.1 Å².